The molecule has 0 atom stereocenters. The van der Waals surface area contributed by atoms with Crippen molar-refractivity contribution in [2.75, 3.05) is 26.8 Å². The van der Waals surface area contributed by atoms with Crippen LogP contribution in [0.2, 0.25) is 0 Å². The van der Waals surface area contributed by atoms with Gasteiger partial charge in [-0.25, -0.2) is 4.68 Å². The summed E-state index contributed by atoms with van der Waals surface area (Å²) in [6, 6.07) is 8.63. The van der Waals surface area contributed by atoms with E-state index in [9.17, 15) is 9.59 Å². The van der Waals surface area contributed by atoms with Crippen LogP contribution in [0.15, 0.2) is 42.7 Å². The molecule has 0 unspecified atom stereocenters. The number of aliphatic carboxylic acids is 1. The molecule has 0 bridgehead atoms. The summed E-state index contributed by atoms with van der Waals surface area (Å²) in [6.45, 7) is 0.149. The molecule has 0 aliphatic heterocycles. The van der Waals surface area contributed by atoms with Crippen LogP contribution in [0.3, 0.4) is 0 Å². The van der Waals surface area contributed by atoms with E-state index in [1.807, 2.05) is 0 Å². The molecule has 1 aromatic heterocycles. The molecule has 1 amide bonds. The Kier molecular flexibility index (Phi) is 5.26. The maximum absolute atomic E-state index is 12.4. The fourth-order valence-electron chi connectivity index (χ4n) is 1.98. The van der Waals surface area contributed by atoms with Crippen molar-refractivity contribution in [1.29, 1.82) is 0 Å². The van der Waals surface area contributed by atoms with Crippen LogP contribution in [0.1, 0.15) is 10.4 Å². The zero-order chi connectivity index (χ0) is 15.9. The molecule has 116 valence electrons. The Balaban J connectivity index is 2.13. The molecule has 0 fully saturated rings. The van der Waals surface area contributed by atoms with Gasteiger partial charge in [-0.3, -0.25) is 9.59 Å². The lowest BCUT2D eigenvalue weighted by atomic mass is 10.2. The van der Waals surface area contributed by atoms with E-state index in [0.29, 0.717) is 5.56 Å². The molecule has 0 radical (unpaired) electrons. The van der Waals surface area contributed by atoms with Crippen LogP contribution in [0.5, 0.6) is 0 Å². The normalized spacial score (nSPS) is 10.4. The van der Waals surface area contributed by atoms with Gasteiger partial charge in [0.1, 0.15) is 6.54 Å². The predicted molar refractivity (Wildman–Crippen MR) is 79.0 cm³/mol. The number of carbonyl (C=O) groups is 2. The van der Waals surface area contributed by atoms with Gasteiger partial charge in [-0.05, 0) is 30.3 Å². The third-order valence-corrected chi connectivity index (χ3v) is 3.06. The van der Waals surface area contributed by atoms with E-state index in [1.54, 1.807) is 47.4 Å². The van der Waals surface area contributed by atoms with Gasteiger partial charge < -0.3 is 14.7 Å². The summed E-state index contributed by atoms with van der Waals surface area (Å²) in [4.78, 5) is 24.5. The number of carboxylic acids is 1. The fraction of sp³-hybridized carbons (Fsp3) is 0.267. The van der Waals surface area contributed by atoms with Crippen LogP contribution in [-0.2, 0) is 9.53 Å². The van der Waals surface area contributed by atoms with Gasteiger partial charge in [0.2, 0.25) is 0 Å². The number of carbonyl (C=O) groups excluding carboxylic acids is 1. The Hall–Kier alpha value is -2.67. The topological polar surface area (TPSA) is 84.7 Å². The number of rotatable bonds is 7. The van der Waals surface area contributed by atoms with E-state index in [-0.39, 0.29) is 25.6 Å². The maximum Gasteiger partial charge on any atom is 0.323 e. The minimum absolute atomic E-state index is 0.225. The smallest absolute Gasteiger partial charge is 0.323 e. The lowest BCUT2D eigenvalue weighted by molar-refractivity contribution is -0.137. The zero-order valence-corrected chi connectivity index (χ0v) is 12.2. The molecule has 0 aliphatic rings. The Morgan fingerprint density at radius 1 is 1.32 bits per heavy atom. The second-order valence-electron chi connectivity index (χ2n) is 4.61. The van der Waals surface area contributed by atoms with Gasteiger partial charge in [0.25, 0.3) is 5.91 Å². The molecule has 1 N–H and O–H groups in total. The van der Waals surface area contributed by atoms with Crippen molar-refractivity contribution >= 4 is 11.9 Å². The van der Waals surface area contributed by atoms with E-state index < -0.39 is 5.97 Å². The lowest BCUT2D eigenvalue weighted by Gasteiger charge is -2.20. The van der Waals surface area contributed by atoms with Crippen LogP contribution in [0.4, 0.5) is 0 Å². The van der Waals surface area contributed by atoms with Crippen molar-refractivity contribution < 1.29 is 19.4 Å². The summed E-state index contributed by atoms with van der Waals surface area (Å²) in [5.74, 6) is -1.40. The monoisotopic (exact) mass is 303 g/mol. The summed E-state index contributed by atoms with van der Waals surface area (Å²) in [7, 11) is 1.50. The van der Waals surface area contributed by atoms with Crippen molar-refractivity contribution in [1.82, 2.24) is 14.7 Å². The highest BCUT2D eigenvalue weighted by Gasteiger charge is 2.18. The Morgan fingerprint density at radius 3 is 2.59 bits per heavy atom. The van der Waals surface area contributed by atoms with E-state index >= 15 is 0 Å². The lowest BCUT2D eigenvalue weighted by Crippen LogP contribution is -2.38. The molecule has 2 aromatic rings. The van der Waals surface area contributed by atoms with Gasteiger partial charge in [-0.1, -0.05) is 0 Å². The first-order valence-electron chi connectivity index (χ1n) is 6.72. The van der Waals surface area contributed by atoms with Crippen LogP contribution in [0, 0.1) is 0 Å². The highest BCUT2D eigenvalue weighted by molar-refractivity contribution is 5.96. The standard InChI is InChI=1S/C15H17N3O4/c1-22-10-9-17(11-14(19)20)15(21)12-3-5-13(6-4-12)18-8-2-7-16-18/h2-8H,9-11H2,1H3,(H,19,20). The fourth-order valence-corrected chi connectivity index (χ4v) is 1.98. The number of amides is 1. The summed E-state index contributed by atoms with van der Waals surface area (Å²) in [5.41, 5.74) is 1.25. The first-order chi connectivity index (χ1) is 10.6. The summed E-state index contributed by atoms with van der Waals surface area (Å²) >= 11 is 0. The van der Waals surface area contributed by atoms with E-state index in [4.69, 9.17) is 9.84 Å². The summed E-state index contributed by atoms with van der Waals surface area (Å²) < 4.78 is 6.58. The van der Waals surface area contributed by atoms with Crippen molar-refractivity contribution in [3.8, 4) is 5.69 Å². The minimum Gasteiger partial charge on any atom is -0.480 e. The van der Waals surface area contributed by atoms with Crippen molar-refractivity contribution in [2.24, 2.45) is 0 Å². The number of aromatic nitrogens is 2. The number of hydrogen-bond acceptors (Lipinski definition) is 4. The molecule has 2 rings (SSSR count). The van der Waals surface area contributed by atoms with Crippen molar-refractivity contribution in [2.45, 2.75) is 0 Å². The molecule has 1 heterocycles. The zero-order valence-electron chi connectivity index (χ0n) is 12.2. The van der Waals surface area contributed by atoms with E-state index in [0.717, 1.165) is 5.69 Å². The first-order valence-corrected chi connectivity index (χ1v) is 6.72. The SMILES string of the molecule is COCCN(CC(=O)O)C(=O)c1ccc(-n2cccn2)cc1. The van der Waals surface area contributed by atoms with Gasteiger partial charge >= 0.3 is 5.97 Å². The molecular formula is C15H17N3O4. The number of carboxylic acid groups (broad SMARTS) is 1. The molecule has 1 aromatic carbocycles. The molecule has 0 aliphatic carbocycles. The highest BCUT2D eigenvalue weighted by Crippen LogP contribution is 2.11. The third-order valence-electron chi connectivity index (χ3n) is 3.06. The Bertz CT molecular complexity index is 623. The van der Waals surface area contributed by atoms with Crippen LogP contribution in [-0.4, -0.2) is 58.5 Å². The maximum atomic E-state index is 12.4. The molecular weight excluding hydrogens is 286 g/mol. The van der Waals surface area contributed by atoms with Gasteiger partial charge in [-0.15, -0.1) is 0 Å². The van der Waals surface area contributed by atoms with Crippen LogP contribution < -0.4 is 0 Å². The number of methoxy groups -OCH3 is 1. The average molecular weight is 303 g/mol. The van der Waals surface area contributed by atoms with Crippen LogP contribution >= 0.6 is 0 Å². The Morgan fingerprint density at radius 2 is 2.05 bits per heavy atom. The number of nitrogens with zero attached hydrogens (tertiary/aromatic N) is 3. The van der Waals surface area contributed by atoms with Crippen LogP contribution in [0.25, 0.3) is 5.69 Å². The largest absolute Gasteiger partial charge is 0.480 e. The Labute approximate surface area is 127 Å². The minimum atomic E-state index is -1.06. The first kappa shape index (κ1) is 15.7. The molecule has 22 heavy (non-hydrogen) atoms. The number of hydrogen-bond donors (Lipinski definition) is 1. The van der Waals surface area contributed by atoms with Gasteiger partial charge in [0.05, 0.1) is 12.3 Å². The van der Waals surface area contributed by atoms with Crippen molar-refractivity contribution in [3.05, 3.63) is 48.3 Å². The number of benzene rings is 1. The molecule has 0 saturated carbocycles. The molecule has 0 saturated heterocycles. The predicted octanol–water partition coefficient (Wildman–Crippen LogP) is 1.05. The van der Waals surface area contributed by atoms with E-state index in [2.05, 4.69) is 5.10 Å². The number of ether oxygens (including phenoxy) is 1. The highest BCUT2D eigenvalue weighted by atomic mass is 16.5. The second-order valence-corrected chi connectivity index (χ2v) is 4.61. The molecule has 7 nitrogen and oxygen atoms in total. The van der Waals surface area contributed by atoms with Gasteiger partial charge in [0, 0.05) is 31.6 Å². The third kappa shape index (κ3) is 3.92. The quantitative estimate of drug-likeness (QED) is 0.826. The van der Waals surface area contributed by atoms with Gasteiger partial charge in [-0.2, -0.15) is 5.10 Å². The average Bonchev–Trinajstić information content (AvgIpc) is 3.05. The van der Waals surface area contributed by atoms with E-state index in [1.165, 1.54) is 12.0 Å². The summed E-state index contributed by atoms with van der Waals surface area (Å²) in [6.07, 6.45) is 3.46. The van der Waals surface area contributed by atoms with Gasteiger partial charge in [0.15, 0.2) is 0 Å². The second kappa shape index (κ2) is 7.37. The molecule has 0 spiro atoms. The summed E-state index contributed by atoms with van der Waals surface area (Å²) in [5, 5.41) is 13.0. The van der Waals surface area contributed by atoms with Crippen molar-refractivity contribution in [3.63, 3.8) is 0 Å². The molecule has 7 heteroatoms.